The number of hydrogen-bond acceptors (Lipinski definition) is 3. The van der Waals surface area contributed by atoms with E-state index in [1.54, 1.807) is 0 Å². The van der Waals surface area contributed by atoms with E-state index in [9.17, 15) is 0 Å². The Morgan fingerprint density at radius 3 is 1.33 bits per heavy atom. The molecule has 3 nitrogen and oxygen atoms in total. The van der Waals surface area contributed by atoms with Gasteiger partial charge in [0, 0.05) is 13.1 Å². The molecule has 0 heterocycles. The average molecular weight is 539 g/mol. The van der Waals surface area contributed by atoms with Crippen LogP contribution in [0.25, 0.3) is 0 Å². The Morgan fingerprint density at radius 2 is 1.33 bits per heavy atom. The summed E-state index contributed by atoms with van der Waals surface area (Å²) in [5, 5.41) is 8.42. The molecular formula is C3H10I2N2OPt. The smallest absolute Gasteiger partial charge is 1.00 e. The van der Waals surface area contributed by atoms with Gasteiger partial charge in [-0.05, 0) is 0 Å². The first-order chi connectivity index (χ1) is 2.81. The fraction of sp³-hybridized carbons (Fsp3) is 1.00. The number of aliphatic hydroxyl groups excluding tert-OH is 1. The van der Waals surface area contributed by atoms with Gasteiger partial charge in [-0.3, -0.25) is 0 Å². The molecule has 5 N–H and O–H groups in total. The third-order valence-corrected chi connectivity index (χ3v) is 0.544. The van der Waals surface area contributed by atoms with E-state index < -0.39 is 6.10 Å². The molecule has 0 bridgehead atoms. The van der Waals surface area contributed by atoms with E-state index in [1.165, 1.54) is 0 Å². The van der Waals surface area contributed by atoms with Crippen molar-refractivity contribution in [2.24, 2.45) is 11.5 Å². The number of hydrogen-bond donors (Lipinski definition) is 3. The minimum Gasteiger partial charge on any atom is -1.00 e. The van der Waals surface area contributed by atoms with Crippen LogP contribution < -0.4 is 59.4 Å². The zero-order valence-electron chi connectivity index (χ0n) is 4.67. The fourth-order valence-electron chi connectivity index (χ4n) is 0.0962. The van der Waals surface area contributed by atoms with Gasteiger partial charge in [0.05, 0.1) is 6.10 Å². The molecule has 6 heteroatoms. The van der Waals surface area contributed by atoms with E-state index in [0.29, 0.717) is 0 Å². The maximum Gasteiger partial charge on any atom is 2.00 e. The second-order valence-electron chi connectivity index (χ2n) is 1.13. The molecule has 0 fully saturated rings. The summed E-state index contributed by atoms with van der Waals surface area (Å²) in [6.07, 6.45) is -0.509. The molecule has 0 atom stereocenters. The quantitative estimate of drug-likeness (QED) is 0.306. The zero-order chi connectivity index (χ0) is 4.99. The summed E-state index contributed by atoms with van der Waals surface area (Å²) < 4.78 is 0. The minimum absolute atomic E-state index is 0. The van der Waals surface area contributed by atoms with Crippen LogP contribution in [0, 0.1) is 0 Å². The van der Waals surface area contributed by atoms with Gasteiger partial charge in [0.1, 0.15) is 0 Å². The maximum atomic E-state index is 8.42. The van der Waals surface area contributed by atoms with Gasteiger partial charge in [-0.15, -0.1) is 0 Å². The van der Waals surface area contributed by atoms with Crippen LogP contribution in [-0.2, 0) is 21.1 Å². The van der Waals surface area contributed by atoms with Gasteiger partial charge in [-0.2, -0.15) is 0 Å². The Kier molecular flexibility index (Phi) is 41.3. The van der Waals surface area contributed by atoms with Crippen molar-refractivity contribution in [2.45, 2.75) is 6.10 Å². The Balaban J connectivity index is -0.0000000417. The van der Waals surface area contributed by atoms with Crippen molar-refractivity contribution in [1.29, 1.82) is 0 Å². The first-order valence-corrected chi connectivity index (χ1v) is 1.89. The normalized spacial score (nSPS) is 6.67. The molecule has 0 aromatic carbocycles. The third kappa shape index (κ3) is 17.8. The van der Waals surface area contributed by atoms with Crippen LogP contribution in [0.5, 0.6) is 0 Å². The van der Waals surface area contributed by atoms with Gasteiger partial charge in [-0.1, -0.05) is 0 Å². The molecule has 0 aliphatic rings. The van der Waals surface area contributed by atoms with Gasteiger partial charge < -0.3 is 64.5 Å². The van der Waals surface area contributed by atoms with Gasteiger partial charge >= 0.3 is 21.1 Å². The molecule has 0 spiro atoms. The summed E-state index contributed by atoms with van der Waals surface area (Å²) in [5.74, 6) is 0. The average Bonchev–Trinajstić information content (AvgIpc) is 1.65. The van der Waals surface area contributed by atoms with E-state index in [1.807, 2.05) is 0 Å². The molecule has 0 saturated carbocycles. The van der Waals surface area contributed by atoms with Crippen LogP contribution in [0.1, 0.15) is 0 Å². The summed E-state index contributed by atoms with van der Waals surface area (Å²) in [5.41, 5.74) is 9.91. The Hall–Kier alpha value is 2.03. The van der Waals surface area contributed by atoms with Crippen LogP contribution in [0.15, 0.2) is 0 Å². The predicted molar refractivity (Wildman–Crippen MR) is 24.1 cm³/mol. The molecule has 62 valence electrons. The molecule has 0 radical (unpaired) electrons. The second-order valence-corrected chi connectivity index (χ2v) is 1.13. The number of halogens is 2. The monoisotopic (exact) mass is 539 g/mol. The fourth-order valence-corrected chi connectivity index (χ4v) is 0.0962. The van der Waals surface area contributed by atoms with E-state index in [-0.39, 0.29) is 82.1 Å². The van der Waals surface area contributed by atoms with E-state index in [0.717, 1.165) is 0 Å². The van der Waals surface area contributed by atoms with E-state index in [4.69, 9.17) is 16.6 Å². The SMILES string of the molecule is NCC(O)CN.[I-].[I-].[Pt+2]. The largest absolute Gasteiger partial charge is 2.00 e. The predicted octanol–water partition coefficient (Wildman–Crippen LogP) is -7.73. The van der Waals surface area contributed by atoms with Gasteiger partial charge in [0.2, 0.25) is 0 Å². The van der Waals surface area contributed by atoms with Crippen molar-refractivity contribution in [3.8, 4) is 0 Å². The second kappa shape index (κ2) is 16.5. The Labute approximate surface area is 104 Å². The Bertz CT molecular complexity index is 39.0. The summed E-state index contributed by atoms with van der Waals surface area (Å²) in [7, 11) is 0. The summed E-state index contributed by atoms with van der Waals surface area (Å²) in [6.45, 7) is 0.521. The van der Waals surface area contributed by atoms with Crippen molar-refractivity contribution >= 4 is 0 Å². The zero-order valence-corrected chi connectivity index (χ0v) is 11.3. The summed E-state index contributed by atoms with van der Waals surface area (Å²) >= 11 is 0. The first-order valence-electron chi connectivity index (χ1n) is 1.89. The van der Waals surface area contributed by atoms with Crippen molar-refractivity contribution in [3.05, 3.63) is 0 Å². The third-order valence-electron chi connectivity index (χ3n) is 0.544. The molecule has 0 rings (SSSR count). The van der Waals surface area contributed by atoms with Gasteiger partial charge in [0.25, 0.3) is 0 Å². The van der Waals surface area contributed by atoms with Crippen LogP contribution >= 0.6 is 0 Å². The van der Waals surface area contributed by atoms with Crippen LogP contribution in [0.3, 0.4) is 0 Å². The van der Waals surface area contributed by atoms with Crippen LogP contribution in [0.4, 0.5) is 0 Å². The first kappa shape index (κ1) is 22.5. The molecule has 9 heavy (non-hydrogen) atoms. The minimum atomic E-state index is -0.509. The summed E-state index contributed by atoms with van der Waals surface area (Å²) in [4.78, 5) is 0. The standard InChI is InChI=1S/C3H10N2O.2HI.Pt/c4-1-3(6)2-5;;;/h3,6H,1-2,4-5H2;2*1H;/q;;;+2/p-2. The van der Waals surface area contributed by atoms with Crippen molar-refractivity contribution in [3.63, 3.8) is 0 Å². The number of rotatable bonds is 2. The van der Waals surface area contributed by atoms with E-state index >= 15 is 0 Å². The van der Waals surface area contributed by atoms with E-state index in [2.05, 4.69) is 0 Å². The molecule has 0 aromatic rings. The molecular weight excluding hydrogens is 529 g/mol. The van der Waals surface area contributed by atoms with Gasteiger partial charge in [-0.25, -0.2) is 0 Å². The maximum absolute atomic E-state index is 8.42. The molecule has 0 amide bonds. The molecule has 0 saturated heterocycles. The summed E-state index contributed by atoms with van der Waals surface area (Å²) in [6, 6.07) is 0. The van der Waals surface area contributed by atoms with Crippen LogP contribution in [-0.4, -0.2) is 24.3 Å². The van der Waals surface area contributed by atoms with Crippen molar-refractivity contribution in [2.75, 3.05) is 13.1 Å². The topological polar surface area (TPSA) is 72.3 Å². The number of aliphatic hydroxyl groups is 1. The number of nitrogens with two attached hydrogens (primary N) is 2. The Morgan fingerprint density at radius 1 is 1.11 bits per heavy atom. The van der Waals surface area contributed by atoms with Gasteiger partial charge in [0.15, 0.2) is 0 Å². The van der Waals surface area contributed by atoms with Crippen molar-refractivity contribution in [1.82, 2.24) is 0 Å². The molecule has 0 aliphatic heterocycles. The molecule has 0 aliphatic carbocycles. The molecule has 0 aromatic heterocycles. The van der Waals surface area contributed by atoms with Crippen LogP contribution in [0.2, 0.25) is 0 Å². The molecule has 0 unspecified atom stereocenters. The van der Waals surface area contributed by atoms with Crippen molar-refractivity contribution < 1.29 is 74.1 Å².